The summed E-state index contributed by atoms with van der Waals surface area (Å²) in [5, 5.41) is 2.05. The highest BCUT2D eigenvalue weighted by Crippen LogP contribution is 2.37. The largest absolute Gasteiger partial charge is 0.333 e. The SMILES string of the molecule is CCCCC(=O)N(CCC)CC(=O)N1CCc2sccc2[C@@H]1c1ccc(F)cc1. The van der Waals surface area contributed by atoms with Crippen LogP contribution in [0.25, 0.3) is 0 Å². The van der Waals surface area contributed by atoms with Crippen molar-refractivity contribution >= 4 is 23.2 Å². The summed E-state index contributed by atoms with van der Waals surface area (Å²) in [4.78, 5) is 30.7. The number of carbonyl (C=O) groups excluding carboxylic acids is 2. The van der Waals surface area contributed by atoms with E-state index in [1.807, 2.05) is 17.2 Å². The molecule has 4 nitrogen and oxygen atoms in total. The topological polar surface area (TPSA) is 40.6 Å². The Labute approximate surface area is 176 Å². The van der Waals surface area contributed by atoms with Gasteiger partial charge in [0.25, 0.3) is 0 Å². The third kappa shape index (κ3) is 5.04. The molecule has 29 heavy (non-hydrogen) atoms. The fraction of sp³-hybridized carbons (Fsp3) is 0.478. The number of rotatable bonds is 8. The zero-order chi connectivity index (χ0) is 20.8. The summed E-state index contributed by atoms with van der Waals surface area (Å²) in [5.41, 5.74) is 2.01. The molecule has 0 aliphatic carbocycles. The maximum absolute atomic E-state index is 13.5. The molecule has 0 N–H and O–H groups in total. The van der Waals surface area contributed by atoms with Gasteiger partial charge in [-0.3, -0.25) is 9.59 Å². The number of nitrogens with zero attached hydrogens (tertiary/aromatic N) is 2. The van der Waals surface area contributed by atoms with Crippen LogP contribution < -0.4 is 0 Å². The predicted octanol–water partition coefficient (Wildman–Crippen LogP) is 4.79. The fourth-order valence-electron chi connectivity index (χ4n) is 3.89. The molecule has 0 saturated carbocycles. The number of benzene rings is 1. The first kappa shape index (κ1) is 21.5. The summed E-state index contributed by atoms with van der Waals surface area (Å²) >= 11 is 1.70. The summed E-state index contributed by atoms with van der Waals surface area (Å²) in [6.07, 6.45) is 3.92. The van der Waals surface area contributed by atoms with Gasteiger partial charge in [0.15, 0.2) is 0 Å². The van der Waals surface area contributed by atoms with E-state index in [2.05, 4.69) is 13.0 Å². The van der Waals surface area contributed by atoms with Gasteiger partial charge in [-0.25, -0.2) is 4.39 Å². The molecule has 0 bridgehead atoms. The Hall–Kier alpha value is -2.21. The first-order valence-electron chi connectivity index (χ1n) is 10.4. The van der Waals surface area contributed by atoms with Crippen LogP contribution in [0.5, 0.6) is 0 Å². The molecule has 3 rings (SSSR count). The van der Waals surface area contributed by atoms with E-state index in [0.717, 1.165) is 36.8 Å². The van der Waals surface area contributed by atoms with E-state index in [9.17, 15) is 14.0 Å². The van der Waals surface area contributed by atoms with Crippen molar-refractivity contribution < 1.29 is 14.0 Å². The van der Waals surface area contributed by atoms with Crippen LogP contribution in [0.1, 0.15) is 61.6 Å². The molecule has 1 aliphatic rings. The van der Waals surface area contributed by atoms with E-state index < -0.39 is 0 Å². The molecule has 1 aliphatic heterocycles. The van der Waals surface area contributed by atoms with Gasteiger partial charge in [-0.05, 0) is 54.0 Å². The van der Waals surface area contributed by atoms with E-state index in [1.54, 1.807) is 28.4 Å². The van der Waals surface area contributed by atoms with Gasteiger partial charge in [0.2, 0.25) is 11.8 Å². The first-order valence-corrected chi connectivity index (χ1v) is 11.3. The highest BCUT2D eigenvalue weighted by molar-refractivity contribution is 7.10. The second-order valence-electron chi connectivity index (χ2n) is 7.51. The quantitative estimate of drug-likeness (QED) is 0.621. The lowest BCUT2D eigenvalue weighted by Crippen LogP contribution is -2.47. The van der Waals surface area contributed by atoms with E-state index >= 15 is 0 Å². The molecule has 0 saturated heterocycles. The molecule has 2 aromatic rings. The van der Waals surface area contributed by atoms with Gasteiger partial charge in [0, 0.05) is 24.4 Å². The highest BCUT2D eigenvalue weighted by atomic mass is 32.1. The molecular weight excluding hydrogens is 387 g/mol. The van der Waals surface area contributed by atoms with Gasteiger partial charge in [-0.2, -0.15) is 0 Å². The third-order valence-corrected chi connectivity index (χ3v) is 6.39. The second kappa shape index (κ2) is 10.0. The van der Waals surface area contributed by atoms with Crippen LogP contribution in [0.4, 0.5) is 4.39 Å². The van der Waals surface area contributed by atoms with Crippen molar-refractivity contribution in [2.75, 3.05) is 19.6 Å². The van der Waals surface area contributed by atoms with Crippen LogP contribution in [0.3, 0.4) is 0 Å². The molecule has 1 aromatic carbocycles. The van der Waals surface area contributed by atoms with Crippen molar-refractivity contribution in [2.45, 2.75) is 52.0 Å². The van der Waals surface area contributed by atoms with Crippen molar-refractivity contribution in [3.63, 3.8) is 0 Å². The molecule has 0 radical (unpaired) electrons. The molecule has 6 heteroatoms. The lowest BCUT2D eigenvalue weighted by Gasteiger charge is -2.37. The Kier molecular flexibility index (Phi) is 7.42. The molecule has 0 fully saturated rings. The van der Waals surface area contributed by atoms with E-state index in [4.69, 9.17) is 0 Å². The summed E-state index contributed by atoms with van der Waals surface area (Å²) in [5.74, 6) is -0.285. The van der Waals surface area contributed by atoms with E-state index in [1.165, 1.54) is 17.0 Å². The Morgan fingerprint density at radius 1 is 1.17 bits per heavy atom. The molecule has 0 unspecified atom stereocenters. The van der Waals surface area contributed by atoms with Gasteiger partial charge in [0.1, 0.15) is 5.82 Å². The molecular formula is C23H29FN2O2S. The van der Waals surface area contributed by atoms with Crippen LogP contribution >= 0.6 is 11.3 Å². The second-order valence-corrected chi connectivity index (χ2v) is 8.51. The smallest absolute Gasteiger partial charge is 0.242 e. The van der Waals surface area contributed by atoms with Crippen LogP contribution in [0, 0.1) is 5.82 Å². The number of halogens is 1. The molecule has 156 valence electrons. The average Bonchev–Trinajstić information content (AvgIpc) is 3.20. The minimum absolute atomic E-state index is 0.0468. The number of unbranched alkanes of at least 4 members (excludes halogenated alkanes) is 1. The van der Waals surface area contributed by atoms with Crippen LogP contribution in [-0.2, 0) is 16.0 Å². The van der Waals surface area contributed by atoms with Crippen molar-refractivity contribution in [1.82, 2.24) is 9.80 Å². The molecule has 0 spiro atoms. The van der Waals surface area contributed by atoms with Crippen LogP contribution in [-0.4, -0.2) is 41.2 Å². The number of amides is 2. The number of thiophene rings is 1. The fourth-order valence-corrected chi connectivity index (χ4v) is 4.80. The normalized spacial score (nSPS) is 15.8. The highest BCUT2D eigenvalue weighted by Gasteiger charge is 2.33. The Bertz CT molecular complexity index is 834. The Balaban J connectivity index is 1.83. The molecule has 1 atom stereocenters. The number of hydrogen-bond acceptors (Lipinski definition) is 3. The van der Waals surface area contributed by atoms with Gasteiger partial charge < -0.3 is 9.80 Å². The Morgan fingerprint density at radius 2 is 1.93 bits per heavy atom. The number of fused-ring (bicyclic) bond motifs is 1. The summed E-state index contributed by atoms with van der Waals surface area (Å²) in [7, 11) is 0. The molecule has 1 aromatic heterocycles. The lowest BCUT2D eigenvalue weighted by molar-refractivity contribution is -0.141. The summed E-state index contributed by atoms with van der Waals surface area (Å²) in [6.45, 7) is 5.38. The number of carbonyl (C=O) groups is 2. The van der Waals surface area contributed by atoms with E-state index in [-0.39, 0.29) is 30.2 Å². The standard InChI is InChI=1S/C23H29FN2O2S/c1-3-5-6-21(27)25(13-4-2)16-22(28)26-14-11-20-19(12-15-29-20)23(26)17-7-9-18(24)10-8-17/h7-10,12,15,23H,3-6,11,13-14,16H2,1-2H3/t23-/m0/s1. The van der Waals surface area contributed by atoms with Gasteiger partial charge in [0.05, 0.1) is 12.6 Å². The van der Waals surface area contributed by atoms with Gasteiger partial charge in [-0.15, -0.1) is 11.3 Å². The predicted molar refractivity (Wildman–Crippen MR) is 114 cm³/mol. The lowest BCUT2D eigenvalue weighted by atomic mass is 9.93. The zero-order valence-corrected chi connectivity index (χ0v) is 18.0. The van der Waals surface area contributed by atoms with Crippen LogP contribution in [0.2, 0.25) is 0 Å². The number of hydrogen-bond donors (Lipinski definition) is 0. The van der Waals surface area contributed by atoms with Crippen molar-refractivity contribution in [3.05, 3.63) is 57.5 Å². The third-order valence-electron chi connectivity index (χ3n) is 5.39. The summed E-state index contributed by atoms with van der Waals surface area (Å²) < 4.78 is 13.5. The average molecular weight is 417 g/mol. The monoisotopic (exact) mass is 416 g/mol. The van der Waals surface area contributed by atoms with Gasteiger partial charge in [-0.1, -0.05) is 32.4 Å². The first-order chi connectivity index (χ1) is 14.0. The molecule has 2 amide bonds. The minimum Gasteiger partial charge on any atom is -0.333 e. The Morgan fingerprint density at radius 3 is 2.62 bits per heavy atom. The van der Waals surface area contributed by atoms with Crippen LogP contribution in [0.15, 0.2) is 35.7 Å². The maximum Gasteiger partial charge on any atom is 0.242 e. The van der Waals surface area contributed by atoms with E-state index in [0.29, 0.717) is 19.5 Å². The van der Waals surface area contributed by atoms with Crippen molar-refractivity contribution in [1.29, 1.82) is 0 Å². The molecule has 2 heterocycles. The minimum atomic E-state index is -0.288. The van der Waals surface area contributed by atoms with Crippen molar-refractivity contribution in [2.24, 2.45) is 0 Å². The van der Waals surface area contributed by atoms with Crippen molar-refractivity contribution in [3.8, 4) is 0 Å². The maximum atomic E-state index is 13.5. The zero-order valence-electron chi connectivity index (χ0n) is 17.2. The van der Waals surface area contributed by atoms with Gasteiger partial charge >= 0.3 is 0 Å². The summed E-state index contributed by atoms with van der Waals surface area (Å²) in [6, 6.07) is 8.22.